The third-order valence-electron chi connectivity index (χ3n) is 7.34. The summed E-state index contributed by atoms with van der Waals surface area (Å²) in [5.41, 5.74) is 9.74. The van der Waals surface area contributed by atoms with Gasteiger partial charge in [-0.1, -0.05) is 48.4 Å². The molecule has 5 N–H and O–H groups in total. The first-order valence-electron chi connectivity index (χ1n) is 13.5. The zero-order valence-electron chi connectivity index (χ0n) is 23.1. The summed E-state index contributed by atoms with van der Waals surface area (Å²) in [6.45, 7) is 3.49. The Labute approximate surface area is 247 Å². The van der Waals surface area contributed by atoms with Gasteiger partial charge in [0.25, 0.3) is 5.91 Å². The molecule has 1 aliphatic rings. The minimum absolute atomic E-state index is 0.0283. The Morgan fingerprint density at radius 1 is 1.24 bits per heavy atom. The summed E-state index contributed by atoms with van der Waals surface area (Å²) >= 11 is 5.94. The highest BCUT2D eigenvalue weighted by molar-refractivity contribution is 6.30. The van der Waals surface area contributed by atoms with Gasteiger partial charge in [0.05, 0.1) is 28.3 Å². The summed E-state index contributed by atoms with van der Waals surface area (Å²) in [6, 6.07) is 13.3. The third-order valence-corrected chi connectivity index (χ3v) is 7.63. The number of amides is 2. The second-order valence-corrected chi connectivity index (χ2v) is 10.8. The minimum atomic E-state index is -0.661. The molecule has 2 aromatic heterocycles. The number of amidine groups is 1. The lowest BCUT2D eigenvalue weighted by molar-refractivity contribution is -0.119. The van der Waals surface area contributed by atoms with Crippen molar-refractivity contribution < 1.29 is 14.0 Å². The van der Waals surface area contributed by atoms with E-state index in [-0.39, 0.29) is 40.5 Å². The molecule has 2 amide bonds. The lowest BCUT2D eigenvalue weighted by atomic mass is 9.94. The molecule has 0 spiro atoms. The highest BCUT2D eigenvalue weighted by atomic mass is 35.5. The van der Waals surface area contributed by atoms with Crippen molar-refractivity contribution in [2.75, 3.05) is 5.32 Å². The van der Waals surface area contributed by atoms with Crippen LogP contribution in [0.15, 0.2) is 54.7 Å². The molecule has 0 radical (unpaired) electrons. The molecule has 42 heavy (non-hydrogen) atoms. The maximum absolute atomic E-state index is 14.7. The summed E-state index contributed by atoms with van der Waals surface area (Å²) in [5.74, 6) is -1.52. The predicted molar refractivity (Wildman–Crippen MR) is 158 cm³/mol. The number of aromatic nitrogens is 4. The van der Waals surface area contributed by atoms with E-state index in [0.717, 1.165) is 16.7 Å². The molecule has 2 atom stereocenters. The summed E-state index contributed by atoms with van der Waals surface area (Å²) in [5, 5.41) is 21.7. The van der Waals surface area contributed by atoms with Crippen LogP contribution in [-0.2, 0) is 11.2 Å². The number of rotatable bonds is 5. The normalized spacial score (nSPS) is 16.9. The van der Waals surface area contributed by atoms with Crippen LogP contribution in [0, 0.1) is 24.1 Å². The fourth-order valence-electron chi connectivity index (χ4n) is 5.04. The smallest absolute Gasteiger partial charge is 0.274 e. The summed E-state index contributed by atoms with van der Waals surface area (Å²) < 4.78 is 15.9. The van der Waals surface area contributed by atoms with Gasteiger partial charge in [0.2, 0.25) is 5.91 Å². The lowest BCUT2D eigenvalue weighted by Gasteiger charge is -2.22. The van der Waals surface area contributed by atoms with Crippen molar-refractivity contribution in [3.63, 3.8) is 0 Å². The van der Waals surface area contributed by atoms with Crippen LogP contribution in [0.3, 0.4) is 0 Å². The van der Waals surface area contributed by atoms with Gasteiger partial charge in [-0.05, 0) is 61.2 Å². The number of nitrogens with two attached hydrogens (primary N) is 1. The van der Waals surface area contributed by atoms with Crippen LogP contribution in [0.5, 0.6) is 0 Å². The number of fused-ring (bicyclic) bond motifs is 4. The second-order valence-electron chi connectivity index (χ2n) is 10.4. The van der Waals surface area contributed by atoms with Gasteiger partial charge in [-0.25, -0.2) is 9.07 Å². The van der Waals surface area contributed by atoms with Crippen LogP contribution < -0.4 is 16.4 Å². The number of anilines is 1. The van der Waals surface area contributed by atoms with Gasteiger partial charge in [0, 0.05) is 29.8 Å². The standard InChI is InChI=1S/C30H30ClFN8O2/c1-16-5-3-7-22(36-30(42)28-17(2)40(39-38-28)25-8-4-6-21(31)27(25)32)24-15-19(11-12-35-24)20-10-9-18(14-26(33)34)13-23(20)37-29(16)41/h4,6,8-13,15-16,22H,3,5,7,14H2,1-2H3,(H3,33,34)(H,36,42)(H,37,41)/t16-,22+/m1/s1. The van der Waals surface area contributed by atoms with E-state index < -0.39 is 17.8 Å². The highest BCUT2D eigenvalue weighted by Crippen LogP contribution is 2.33. The number of carbonyl (C=O) groups excluding carboxylic acids is 2. The van der Waals surface area contributed by atoms with E-state index in [1.54, 1.807) is 19.2 Å². The Morgan fingerprint density at radius 2 is 2.05 bits per heavy atom. The minimum Gasteiger partial charge on any atom is -0.387 e. The molecule has 12 heteroatoms. The van der Waals surface area contributed by atoms with Gasteiger partial charge < -0.3 is 16.4 Å². The number of nitrogens with zero attached hydrogens (tertiary/aromatic N) is 4. The molecule has 0 aliphatic carbocycles. The van der Waals surface area contributed by atoms with E-state index in [1.165, 1.54) is 16.8 Å². The Hall–Kier alpha value is -4.64. The highest BCUT2D eigenvalue weighted by Gasteiger charge is 2.25. The zero-order chi connectivity index (χ0) is 30.0. The molecule has 0 fully saturated rings. The summed E-state index contributed by atoms with van der Waals surface area (Å²) in [7, 11) is 0. The molecule has 2 aromatic carbocycles. The number of carbonyl (C=O) groups is 2. The molecule has 0 saturated carbocycles. The van der Waals surface area contributed by atoms with Gasteiger partial charge in [-0.2, -0.15) is 0 Å². The molecule has 216 valence electrons. The maximum atomic E-state index is 14.7. The molecular weight excluding hydrogens is 559 g/mol. The number of pyridine rings is 1. The molecule has 1 aliphatic heterocycles. The van der Waals surface area contributed by atoms with Gasteiger partial charge in [0.15, 0.2) is 11.5 Å². The van der Waals surface area contributed by atoms with Crippen molar-refractivity contribution in [2.45, 2.75) is 45.6 Å². The molecule has 10 nitrogen and oxygen atoms in total. The first kappa shape index (κ1) is 28.9. The quantitative estimate of drug-likeness (QED) is 0.187. The Kier molecular flexibility index (Phi) is 8.30. The topological polar surface area (TPSA) is 152 Å². The Bertz CT molecular complexity index is 1690. The molecular formula is C30H30ClFN8O2. The van der Waals surface area contributed by atoms with Crippen molar-refractivity contribution in [2.24, 2.45) is 11.7 Å². The van der Waals surface area contributed by atoms with Crippen LogP contribution in [0.1, 0.15) is 59.7 Å². The summed E-state index contributed by atoms with van der Waals surface area (Å²) in [4.78, 5) is 31.1. The average Bonchev–Trinajstić information content (AvgIpc) is 3.34. The number of halogens is 2. The van der Waals surface area contributed by atoms with Crippen molar-refractivity contribution in [3.05, 3.63) is 88.2 Å². The van der Waals surface area contributed by atoms with Gasteiger partial charge in [0.1, 0.15) is 5.69 Å². The van der Waals surface area contributed by atoms with Crippen molar-refractivity contribution in [1.82, 2.24) is 25.3 Å². The largest absolute Gasteiger partial charge is 0.387 e. The number of benzene rings is 2. The molecule has 0 saturated heterocycles. The predicted octanol–water partition coefficient (Wildman–Crippen LogP) is 5.14. The number of nitrogens with one attached hydrogen (secondary N) is 3. The van der Waals surface area contributed by atoms with Gasteiger partial charge >= 0.3 is 0 Å². The van der Waals surface area contributed by atoms with E-state index in [2.05, 4.69) is 25.9 Å². The first-order valence-corrected chi connectivity index (χ1v) is 13.9. The van der Waals surface area contributed by atoms with Crippen LogP contribution in [-0.4, -0.2) is 37.6 Å². The van der Waals surface area contributed by atoms with Crippen LogP contribution in [0.4, 0.5) is 10.1 Å². The van der Waals surface area contributed by atoms with Crippen LogP contribution in [0.25, 0.3) is 16.8 Å². The summed E-state index contributed by atoms with van der Waals surface area (Å²) in [6.07, 6.45) is 3.69. The van der Waals surface area contributed by atoms with Crippen molar-refractivity contribution >= 4 is 34.9 Å². The molecule has 4 aromatic rings. The molecule has 5 rings (SSSR count). The van der Waals surface area contributed by atoms with E-state index >= 15 is 0 Å². The van der Waals surface area contributed by atoms with Crippen LogP contribution in [0.2, 0.25) is 5.02 Å². The number of hydrogen-bond acceptors (Lipinski definition) is 6. The van der Waals surface area contributed by atoms with E-state index in [0.29, 0.717) is 36.3 Å². The average molecular weight is 589 g/mol. The fourth-order valence-corrected chi connectivity index (χ4v) is 5.21. The van der Waals surface area contributed by atoms with Crippen molar-refractivity contribution in [1.29, 1.82) is 5.41 Å². The Morgan fingerprint density at radius 3 is 2.83 bits per heavy atom. The third kappa shape index (κ3) is 6.01. The first-order chi connectivity index (χ1) is 20.1. The van der Waals surface area contributed by atoms with Gasteiger partial charge in [-0.3, -0.25) is 20.0 Å². The van der Waals surface area contributed by atoms with Crippen molar-refractivity contribution in [3.8, 4) is 16.8 Å². The van der Waals surface area contributed by atoms with E-state index in [4.69, 9.17) is 22.7 Å². The maximum Gasteiger partial charge on any atom is 0.274 e. The molecule has 0 unspecified atom stereocenters. The molecule has 2 bridgehead atoms. The number of hydrogen-bond donors (Lipinski definition) is 4. The second kappa shape index (κ2) is 12.1. The lowest BCUT2D eigenvalue weighted by Crippen LogP contribution is -2.30. The molecule has 3 heterocycles. The monoisotopic (exact) mass is 588 g/mol. The Balaban J connectivity index is 1.49. The van der Waals surface area contributed by atoms with E-state index in [1.807, 2.05) is 37.3 Å². The fraction of sp³-hybridized carbons (Fsp3) is 0.267. The van der Waals surface area contributed by atoms with Crippen LogP contribution >= 0.6 is 11.6 Å². The SMILES string of the molecule is Cc1c(C(=O)N[C@H]2CCC[C@@H](C)C(=O)Nc3cc(CC(=N)N)ccc3-c3ccnc2c3)nnn1-c1cccc(Cl)c1F. The van der Waals surface area contributed by atoms with E-state index in [9.17, 15) is 14.0 Å². The zero-order valence-corrected chi connectivity index (χ0v) is 23.9. The van der Waals surface area contributed by atoms with Gasteiger partial charge in [-0.15, -0.1) is 5.10 Å².